The summed E-state index contributed by atoms with van der Waals surface area (Å²) in [7, 11) is 3.28. The van der Waals surface area contributed by atoms with E-state index in [0.717, 1.165) is 46.8 Å². The molecule has 8 nitrogen and oxygen atoms in total. The standard InChI is InChI=1S/C30H42N4O4.BrH/c1-9-33(10-2)24-14-19(13-23(28(24)37-8)30(4,5)6)25(35)18-34-17-21-15-26(38-11-3)20(16-27(36)32-7)12-22(21)29(34)31;/h12-15,31H,9-11,16-18H2,1-8H3,(H,32,36);1H. The van der Waals surface area contributed by atoms with E-state index in [1.807, 2.05) is 31.2 Å². The molecule has 0 aliphatic carbocycles. The zero-order chi connectivity index (χ0) is 28.2. The van der Waals surface area contributed by atoms with Gasteiger partial charge in [0.2, 0.25) is 5.91 Å². The number of ether oxygens (including phenoxy) is 2. The molecule has 39 heavy (non-hydrogen) atoms. The fraction of sp³-hybridized carbons (Fsp3) is 0.500. The lowest BCUT2D eigenvalue weighted by molar-refractivity contribution is -0.119. The second-order valence-corrected chi connectivity index (χ2v) is 10.5. The Hall–Kier alpha value is -3.07. The molecule has 0 atom stereocenters. The van der Waals surface area contributed by atoms with Crippen LogP contribution in [-0.2, 0) is 23.2 Å². The SMILES string of the molecule is Br.CCOc1cc2c(cc1CC(=O)NC)C(=N)N(CC(=O)c1cc(N(CC)CC)c(OC)c(C(C)(C)C)c1)C2. The molecule has 3 rings (SSSR count). The van der Waals surface area contributed by atoms with Gasteiger partial charge in [0.1, 0.15) is 17.3 Å². The van der Waals surface area contributed by atoms with Crippen LogP contribution in [0.2, 0.25) is 0 Å². The van der Waals surface area contributed by atoms with Crippen LogP contribution in [0.15, 0.2) is 24.3 Å². The number of likely N-dealkylation sites (N-methyl/N-ethyl adjacent to an activating group) is 1. The zero-order valence-corrected chi connectivity index (χ0v) is 26.2. The molecule has 1 amide bonds. The Kier molecular flexibility index (Phi) is 11.0. The summed E-state index contributed by atoms with van der Waals surface area (Å²) in [6.45, 7) is 15.0. The molecule has 2 aromatic carbocycles. The fourth-order valence-electron chi connectivity index (χ4n) is 4.91. The lowest BCUT2D eigenvalue weighted by Crippen LogP contribution is -2.31. The van der Waals surface area contributed by atoms with Crippen molar-refractivity contribution < 1.29 is 19.1 Å². The molecule has 0 spiro atoms. The predicted molar refractivity (Wildman–Crippen MR) is 163 cm³/mol. The number of hydrogen-bond donors (Lipinski definition) is 2. The number of halogens is 1. The summed E-state index contributed by atoms with van der Waals surface area (Å²) in [5, 5.41) is 11.5. The van der Waals surface area contributed by atoms with E-state index in [-0.39, 0.29) is 52.9 Å². The number of nitrogens with zero attached hydrogens (tertiary/aromatic N) is 2. The van der Waals surface area contributed by atoms with E-state index in [2.05, 4.69) is 44.8 Å². The van der Waals surface area contributed by atoms with Gasteiger partial charge in [-0.3, -0.25) is 15.0 Å². The second kappa shape index (κ2) is 13.3. The first-order valence-electron chi connectivity index (χ1n) is 13.3. The van der Waals surface area contributed by atoms with E-state index < -0.39 is 0 Å². The number of nitrogens with one attached hydrogen (secondary N) is 2. The van der Waals surface area contributed by atoms with Crippen molar-refractivity contribution in [1.82, 2.24) is 10.2 Å². The monoisotopic (exact) mass is 602 g/mol. The minimum Gasteiger partial charge on any atom is -0.494 e. The highest BCUT2D eigenvalue weighted by molar-refractivity contribution is 8.93. The highest BCUT2D eigenvalue weighted by Gasteiger charge is 2.30. The molecule has 0 aromatic heterocycles. The zero-order valence-electron chi connectivity index (χ0n) is 24.5. The molecule has 0 radical (unpaired) electrons. The average molecular weight is 604 g/mol. The van der Waals surface area contributed by atoms with Gasteiger partial charge in [-0.2, -0.15) is 0 Å². The number of fused-ring (bicyclic) bond motifs is 1. The first-order chi connectivity index (χ1) is 18.0. The Labute approximate surface area is 243 Å². The number of amides is 1. The van der Waals surface area contributed by atoms with Crippen molar-refractivity contribution in [3.63, 3.8) is 0 Å². The van der Waals surface area contributed by atoms with Gasteiger partial charge in [-0.25, -0.2) is 0 Å². The maximum atomic E-state index is 13.7. The minimum absolute atomic E-state index is 0. The summed E-state index contributed by atoms with van der Waals surface area (Å²) in [5.41, 5.74) is 4.65. The number of methoxy groups -OCH3 is 1. The molecular formula is C30H43BrN4O4. The Bertz CT molecular complexity index is 1220. The summed E-state index contributed by atoms with van der Waals surface area (Å²) < 4.78 is 11.7. The number of benzene rings is 2. The third kappa shape index (κ3) is 6.93. The van der Waals surface area contributed by atoms with Gasteiger partial charge in [0.05, 0.1) is 32.4 Å². The van der Waals surface area contributed by atoms with Gasteiger partial charge in [-0.05, 0) is 56.0 Å². The first-order valence-corrected chi connectivity index (χ1v) is 13.3. The summed E-state index contributed by atoms with van der Waals surface area (Å²) >= 11 is 0. The molecule has 0 bridgehead atoms. The van der Waals surface area contributed by atoms with Gasteiger partial charge in [0.15, 0.2) is 5.78 Å². The van der Waals surface area contributed by atoms with Crippen LogP contribution >= 0.6 is 17.0 Å². The molecule has 2 aromatic rings. The molecule has 0 saturated carbocycles. The van der Waals surface area contributed by atoms with E-state index in [4.69, 9.17) is 14.9 Å². The molecule has 1 aliphatic heterocycles. The predicted octanol–water partition coefficient (Wildman–Crippen LogP) is 5.13. The van der Waals surface area contributed by atoms with E-state index >= 15 is 0 Å². The summed E-state index contributed by atoms with van der Waals surface area (Å²) in [5.74, 6) is 1.54. The Morgan fingerprint density at radius 2 is 1.77 bits per heavy atom. The topological polar surface area (TPSA) is 95.0 Å². The largest absolute Gasteiger partial charge is 0.494 e. The highest BCUT2D eigenvalue weighted by Crippen LogP contribution is 2.40. The summed E-state index contributed by atoms with van der Waals surface area (Å²) in [4.78, 5) is 29.7. The Balaban J connectivity index is 0.00000533. The van der Waals surface area contributed by atoms with Gasteiger partial charge in [0.25, 0.3) is 0 Å². The highest BCUT2D eigenvalue weighted by atomic mass is 79.9. The van der Waals surface area contributed by atoms with Crippen LogP contribution in [0.1, 0.15) is 74.2 Å². The average Bonchev–Trinajstić information content (AvgIpc) is 3.17. The van der Waals surface area contributed by atoms with Crippen molar-refractivity contribution in [3.8, 4) is 11.5 Å². The Morgan fingerprint density at radius 3 is 2.31 bits per heavy atom. The van der Waals surface area contributed by atoms with E-state index in [9.17, 15) is 9.59 Å². The van der Waals surface area contributed by atoms with Gasteiger partial charge in [0, 0.05) is 48.9 Å². The molecule has 1 heterocycles. The number of amidine groups is 1. The Morgan fingerprint density at radius 1 is 1.10 bits per heavy atom. The van der Waals surface area contributed by atoms with E-state index in [1.54, 1.807) is 19.1 Å². The van der Waals surface area contributed by atoms with Gasteiger partial charge >= 0.3 is 0 Å². The van der Waals surface area contributed by atoms with Crippen molar-refractivity contribution in [3.05, 3.63) is 52.1 Å². The summed E-state index contributed by atoms with van der Waals surface area (Å²) in [6, 6.07) is 7.62. The van der Waals surface area contributed by atoms with Gasteiger partial charge < -0.3 is 24.6 Å². The maximum absolute atomic E-state index is 13.7. The van der Waals surface area contributed by atoms with Crippen LogP contribution in [0.5, 0.6) is 11.5 Å². The lowest BCUT2D eigenvalue weighted by Gasteiger charge is -2.30. The third-order valence-corrected chi connectivity index (χ3v) is 6.99. The molecule has 1 aliphatic rings. The van der Waals surface area contributed by atoms with Crippen LogP contribution in [-0.4, -0.2) is 62.8 Å². The van der Waals surface area contributed by atoms with Crippen LogP contribution < -0.4 is 19.7 Å². The van der Waals surface area contributed by atoms with E-state index in [0.29, 0.717) is 24.5 Å². The van der Waals surface area contributed by atoms with Crippen LogP contribution in [0, 0.1) is 5.41 Å². The van der Waals surface area contributed by atoms with Crippen LogP contribution in [0.4, 0.5) is 5.69 Å². The fourth-order valence-corrected chi connectivity index (χ4v) is 4.91. The number of carbonyl (C=O) groups excluding carboxylic acids is 2. The smallest absolute Gasteiger partial charge is 0.224 e. The van der Waals surface area contributed by atoms with Crippen LogP contribution in [0.25, 0.3) is 0 Å². The lowest BCUT2D eigenvalue weighted by atomic mass is 9.84. The van der Waals surface area contributed by atoms with Crippen molar-refractivity contribution in [1.29, 1.82) is 5.41 Å². The number of anilines is 1. The van der Waals surface area contributed by atoms with E-state index in [1.165, 1.54) is 0 Å². The molecular weight excluding hydrogens is 560 g/mol. The molecule has 0 fully saturated rings. The maximum Gasteiger partial charge on any atom is 0.224 e. The van der Waals surface area contributed by atoms with Gasteiger partial charge in [-0.15, -0.1) is 17.0 Å². The molecule has 0 unspecified atom stereocenters. The van der Waals surface area contributed by atoms with Crippen molar-refractivity contribution in [2.75, 3.05) is 45.3 Å². The number of rotatable bonds is 11. The van der Waals surface area contributed by atoms with Crippen LogP contribution in [0.3, 0.4) is 0 Å². The first kappa shape index (κ1) is 32.1. The summed E-state index contributed by atoms with van der Waals surface area (Å²) in [6.07, 6.45) is 0.168. The van der Waals surface area contributed by atoms with Crippen molar-refractivity contribution in [2.24, 2.45) is 0 Å². The van der Waals surface area contributed by atoms with Gasteiger partial charge in [-0.1, -0.05) is 20.8 Å². The molecule has 214 valence electrons. The minimum atomic E-state index is -0.225. The number of carbonyl (C=O) groups is 2. The number of hydrogen-bond acceptors (Lipinski definition) is 6. The molecule has 9 heteroatoms. The quantitative estimate of drug-likeness (QED) is 0.346. The number of Topliss-reactive ketones (excluding diaryl/α,β-unsaturated/α-hetero) is 1. The van der Waals surface area contributed by atoms with Crippen molar-refractivity contribution in [2.45, 2.75) is 59.9 Å². The normalized spacial score (nSPS) is 12.5. The molecule has 0 saturated heterocycles. The second-order valence-electron chi connectivity index (χ2n) is 10.5. The molecule has 2 N–H and O–H groups in total. The third-order valence-electron chi connectivity index (χ3n) is 6.99. The number of ketones is 1. The van der Waals surface area contributed by atoms with Crippen molar-refractivity contribution >= 4 is 40.2 Å².